The predicted octanol–water partition coefficient (Wildman–Crippen LogP) is 3.92. The Kier molecular flexibility index (Phi) is 7.00. The lowest BCUT2D eigenvalue weighted by Crippen LogP contribution is -2.23. The molecule has 2 aromatic rings. The van der Waals surface area contributed by atoms with Crippen LogP contribution in [0.15, 0.2) is 48.5 Å². The van der Waals surface area contributed by atoms with E-state index in [1.54, 1.807) is 18.2 Å². The first-order chi connectivity index (χ1) is 10.8. The monoisotopic (exact) mass is 323 g/mol. The molecule has 0 fully saturated rings. The third-order valence-corrected chi connectivity index (χ3v) is 3.27. The lowest BCUT2D eigenvalue weighted by atomic mass is 10.3. The normalized spacial score (nSPS) is 10.5. The molecular formula is C17H19ClFNO2. The molecule has 2 rings (SSSR count). The Balaban J connectivity index is 1.49. The van der Waals surface area contributed by atoms with Crippen molar-refractivity contribution in [2.45, 2.75) is 6.42 Å². The molecule has 118 valence electrons. The Morgan fingerprint density at radius 1 is 0.909 bits per heavy atom. The second-order valence-electron chi connectivity index (χ2n) is 4.68. The van der Waals surface area contributed by atoms with Crippen LogP contribution >= 0.6 is 11.6 Å². The summed E-state index contributed by atoms with van der Waals surface area (Å²) in [4.78, 5) is 0. The SMILES string of the molecule is Fc1ccc(OCCCNCCOc2ccccc2Cl)cc1. The van der Waals surface area contributed by atoms with E-state index in [-0.39, 0.29) is 5.82 Å². The van der Waals surface area contributed by atoms with Crippen molar-refractivity contribution in [3.8, 4) is 11.5 Å². The van der Waals surface area contributed by atoms with Crippen LogP contribution in [-0.4, -0.2) is 26.3 Å². The van der Waals surface area contributed by atoms with Crippen LogP contribution in [-0.2, 0) is 0 Å². The molecular weight excluding hydrogens is 305 g/mol. The Hall–Kier alpha value is -1.78. The van der Waals surface area contributed by atoms with E-state index in [2.05, 4.69) is 5.32 Å². The Morgan fingerprint density at radius 3 is 2.45 bits per heavy atom. The molecule has 0 aromatic heterocycles. The summed E-state index contributed by atoms with van der Waals surface area (Å²) in [5, 5.41) is 3.88. The van der Waals surface area contributed by atoms with Crippen molar-refractivity contribution in [1.29, 1.82) is 0 Å². The van der Waals surface area contributed by atoms with Crippen molar-refractivity contribution in [3.05, 3.63) is 59.4 Å². The van der Waals surface area contributed by atoms with Gasteiger partial charge >= 0.3 is 0 Å². The lowest BCUT2D eigenvalue weighted by Gasteiger charge is -2.09. The number of nitrogens with one attached hydrogen (secondary N) is 1. The average molecular weight is 324 g/mol. The molecule has 0 aliphatic heterocycles. The van der Waals surface area contributed by atoms with Crippen molar-refractivity contribution in [2.75, 3.05) is 26.3 Å². The van der Waals surface area contributed by atoms with E-state index in [9.17, 15) is 4.39 Å². The van der Waals surface area contributed by atoms with Crippen LogP contribution in [0.2, 0.25) is 5.02 Å². The maximum absolute atomic E-state index is 12.7. The van der Waals surface area contributed by atoms with Gasteiger partial charge in [-0.2, -0.15) is 0 Å². The molecule has 3 nitrogen and oxygen atoms in total. The maximum atomic E-state index is 12.7. The number of ether oxygens (including phenoxy) is 2. The summed E-state index contributed by atoms with van der Waals surface area (Å²) in [6, 6.07) is 13.4. The quantitative estimate of drug-likeness (QED) is 0.710. The number of rotatable bonds is 9. The van der Waals surface area contributed by atoms with Gasteiger partial charge in [-0.15, -0.1) is 0 Å². The second kappa shape index (κ2) is 9.28. The fourth-order valence-corrected chi connectivity index (χ4v) is 2.03. The molecule has 0 atom stereocenters. The summed E-state index contributed by atoms with van der Waals surface area (Å²) in [6.45, 7) is 2.71. The van der Waals surface area contributed by atoms with Crippen LogP contribution in [0.25, 0.3) is 0 Å². The fraction of sp³-hybridized carbons (Fsp3) is 0.294. The summed E-state index contributed by atoms with van der Waals surface area (Å²) >= 11 is 5.99. The lowest BCUT2D eigenvalue weighted by molar-refractivity contribution is 0.294. The highest BCUT2D eigenvalue weighted by atomic mass is 35.5. The highest BCUT2D eigenvalue weighted by Crippen LogP contribution is 2.22. The zero-order chi connectivity index (χ0) is 15.6. The van der Waals surface area contributed by atoms with Gasteiger partial charge in [-0.1, -0.05) is 23.7 Å². The molecule has 0 aliphatic carbocycles. The van der Waals surface area contributed by atoms with Crippen LogP contribution in [0.3, 0.4) is 0 Å². The number of benzene rings is 2. The van der Waals surface area contributed by atoms with Crippen molar-refractivity contribution < 1.29 is 13.9 Å². The van der Waals surface area contributed by atoms with Crippen LogP contribution in [0.4, 0.5) is 4.39 Å². The minimum atomic E-state index is -0.257. The first-order valence-electron chi connectivity index (χ1n) is 7.22. The van der Waals surface area contributed by atoms with E-state index in [4.69, 9.17) is 21.1 Å². The fourth-order valence-electron chi connectivity index (χ4n) is 1.84. The van der Waals surface area contributed by atoms with Gasteiger partial charge in [-0.3, -0.25) is 0 Å². The Morgan fingerprint density at radius 2 is 1.68 bits per heavy atom. The molecule has 0 saturated carbocycles. The number of hydrogen-bond donors (Lipinski definition) is 1. The number of hydrogen-bond acceptors (Lipinski definition) is 3. The zero-order valence-electron chi connectivity index (χ0n) is 12.2. The third kappa shape index (κ3) is 5.92. The highest BCUT2D eigenvalue weighted by Gasteiger charge is 1.99. The first kappa shape index (κ1) is 16.6. The van der Waals surface area contributed by atoms with Crippen LogP contribution in [0.1, 0.15) is 6.42 Å². The van der Waals surface area contributed by atoms with Gasteiger partial charge in [-0.25, -0.2) is 4.39 Å². The number of para-hydroxylation sites is 1. The zero-order valence-corrected chi connectivity index (χ0v) is 13.0. The molecule has 5 heteroatoms. The molecule has 22 heavy (non-hydrogen) atoms. The van der Waals surface area contributed by atoms with Gasteiger partial charge in [0.15, 0.2) is 0 Å². The molecule has 0 spiro atoms. The van der Waals surface area contributed by atoms with E-state index < -0.39 is 0 Å². The van der Waals surface area contributed by atoms with E-state index in [0.29, 0.717) is 29.7 Å². The molecule has 0 heterocycles. The predicted molar refractivity (Wildman–Crippen MR) is 86.3 cm³/mol. The summed E-state index contributed by atoms with van der Waals surface area (Å²) in [6.07, 6.45) is 0.865. The molecule has 0 amide bonds. The Bertz CT molecular complexity index is 563. The highest BCUT2D eigenvalue weighted by molar-refractivity contribution is 6.32. The second-order valence-corrected chi connectivity index (χ2v) is 5.09. The van der Waals surface area contributed by atoms with Gasteiger partial charge in [0.1, 0.15) is 23.9 Å². The van der Waals surface area contributed by atoms with E-state index in [1.807, 2.05) is 18.2 Å². The average Bonchev–Trinajstić information content (AvgIpc) is 2.53. The van der Waals surface area contributed by atoms with Crippen LogP contribution < -0.4 is 14.8 Å². The molecule has 0 unspecified atom stereocenters. The van der Waals surface area contributed by atoms with Gasteiger partial charge in [-0.05, 0) is 49.4 Å². The van der Waals surface area contributed by atoms with Crippen molar-refractivity contribution in [2.24, 2.45) is 0 Å². The van der Waals surface area contributed by atoms with Crippen molar-refractivity contribution >= 4 is 11.6 Å². The first-order valence-corrected chi connectivity index (χ1v) is 7.60. The Labute approximate surface area is 135 Å². The summed E-state index contributed by atoms with van der Waals surface area (Å²) < 4.78 is 23.8. The maximum Gasteiger partial charge on any atom is 0.137 e. The molecule has 0 bridgehead atoms. The summed E-state index contributed by atoms with van der Waals surface area (Å²) in [7, 11) is 0. The summed E-state index contributed by atoms with van der Waals surface area (Å²) in [5.41, 5.74) is 0. The third-order valence-electron chi connectivity index (χ3n) is 2.95. The van der Waals surface area contributed by atoms with Gasteiger partial charge in [0, 0.05) is 6.54 Å². The molecule has 0 radical (unpaired) electrons. The van der Waals surface area contributed by atoms with Crippen molar-refractivity contribution in [1.82, 2.24) is 5.32 Å². The molecule has 1 N–H and O–H groups in total. The topological polar surface area (TPSA) is 30.5 Å². The molecule has 0 saturated heterocycles. The number of halogens is 2. The molecule has 2 aromatic carbocycles. The summed E-state index contributed by atoms with van der Waals surface area (Å²) in [5.74, 6) is 1.13. The van der Waals surface area contributed by atoms with E-state index in [1.165, 1.54) is 12.1 Å². The molecule has 0 aliphatic rings. The smallest absolute Gasteiger partial charge is 0.137 e. The van der Waals surface area contributed by atoms with E-state index in [0.717, 1.165) is 19.5 Å². The minimum absolute atomic E-state index is 0.257. The largest absolute Gasteiger partial charge is 0.494 e. The standard InChI is InChI=1S/C17H19ClFNO2/c18-16-4-1-2-5-17(16)22-13-11-20-10-3-12-21-15-8-6-14(19)7-9-15/h1-2,4-9,20H,3,10-13H2. The van der Waals surface area contributed by atoms with Gasteiger partial charge in [0.25, 0.3) is 0 Å². The van der Waals surface area contributed by atoms with Crippen LogP contribution in [0, 0.1) is 5.82 Å². The minimum Gasteiger partial charge on any atom is -0.494 e. The van der Waals surface area contributed by atoms with Gasteiger partial charge in [0.05, 0.1) is 11.6 Å². The van der Waals surface area contributed by atoms with Crippen LogP contribution in [0.5, 0.6) is 11.5 Å². The van der Waals surface area contributed by atoms with Crippen molar-refractivity contribution in [3.63, 3.8) is 0 Å². The van der Waals surface area contributed by atoms with Gasteiger partial charge < -0.3 is 14.8 Å². The van der Waals surface area contributed by atoms with E-state index >= 15 is 0 Å². The van der Waals surface area contributed by atoms with Gasteiger partial charge in [0.2, 0.25) is 0 Å².